The Morgan fingerprint density at radius 2 is 2.26 bits per heavy atom. The molecule has 5 heteroatoms. The molecule has 0 aliphatic heterocycles. The molecule has 2 heterocycles. The smallest absolute Gasteiger partial charge is 0.137 e. The first-order valence-electron chi connectivity index (χ1n) is 6.36. The van der Waals surface area contributed by atoms with Gasteiger partial charge in [-0.05, 0) is 25.1 Å². The summed E-state index contributed by atoms with van der Waals surface area (Å²) < 4.78 is 5.23. The van der Waals surface area contributed by atoms with Gasteiger partial charge in [-0.1, -0.05) is 6.92 Å². The van der Waals surface area contributed by atoms with Gasteiger partial charge in [0.2, 0.25) is 0 Å². The Kier molecular flexibility index (Phi) is 4.87. The van der Waals surface area contributed by atoms with Crippen molar-refractivity contribution in [2.24, 2.45) is 0 Å². The van der Waals surface area contributed by atoms with E-state index in [1.165, 1.54) is 0 Å². The number of pyridine rings is 1. The third-order valence-electron chi connectivity index (χ3n) is 2.87. The van der Waals surface area contributed by atoms with Crippen LogP contribution in [0.4, 0.5) is 0 Å². The lowest BCUT2D eigenvalue weighted by Gasteiger charge is -2.17. The summed E-state index contributed by atoms with van der Waals surface area (Å²) in [5.74, 6) is 0.788. The topological polar surface area (TPSA) is 47.0 Å². The third-order valence-corrected chi connectivity index (χ3v) is 3.86. The molecule has 0 aliphatic rings. The lowest BCUT2D eigenvalue weighted by atomic mass is 10.1. The molecule has 4 nitrogen and oxygen atoms in total. The van der Waals surface area contributed by atoms with Gasteiger partial charge >= 0.3 is 0 Å². The molecule has 2 aromatic heterocycles. The van der Waals surface area contributed by atoms with Gasteiger partial charge in [0.1, 0.15) is 5.75 Å². The van der Waals surface area contributed by atoms with Crippen molar-refractivity contribution in [1.82, 2.24) is 15.3 Å². The number of nitrogens with one attached hydrogen (secondary N) is 1. The SMILES string of the molecule is CCNC(Cc1nc(C)cs1)c1cncc(OC)c1. The van der Waals surface area contributed by atoms with Crippen LogP contribution in [0.1, 0.15) is 29.2 Å². The van der Waals surface area contributed by atoms with Gasteiger partial charge in [-0.2, -0.15) is 0 Å². The van der Waals surface area contributed by atoms with E-state index in [-0.39, 0.29) is 6.04 Å². The van der Waals surface area contributed by atoms with Crippen molar-refractivity contribution in [1.29, 1.82) is 0 Å². The van der Waals surface area contributed by atoms with Crippen molar-refractivity contribution in [3.8, 4) is 5.75 Å². The zero-order valence-electron chi connectivity index (χ0n) is 11.5. The Balaban J connectivity index is 2.18. The maximum Gasteiger partial charge on any atom is 0.137 e. The molecule has 0 aliphatic carbocycles. The first-order chi connectivity index (χ1) is 9.22. The van der Waals surface area contributed by atoms with E-state index < -0.39 is 0 Å². The lowest BCUT2D eigenvalue weighted by Crippen LogP contribution is -2.23. The number of thiazole rings is 1. The van der Waals surface area contributed by atoms with Gasteiger partial charge in [0.25, 0.3) is 0 Å². The fraction of sp³-hybridized carbons (Fsp3) is 0.429. The van der Waals surface area contributed by atoms with Crippen molar-refractivity contribution < 1.29 is 4.74 Å². The van der Waals surface area contributed by atoms with E-state index in [0.29, 0.717) is 0 Å². The minimum absolute atomic E-state index is 0.221. The molecule has 0 spiro atoms. The van der Waals surface area contributed by atoms with E-state index >= 15 is 0 Å². The highest BCUT2D eigenvalue weighted by Gasteiger charge is 2.14. The fourth-order valence-corrected chi connectivity index (χ4v) is 2.78. The predicted molar refractivity (Wildman–Crippen MR) is 77.8 cm³/mol. The van der Waals surface area contributed by atoms with Crippen LogP contribution in [-0.4, -0.2) is 23.6 Å². The summed E-state index contributed by atoms with van der Waals surface area (Å²) in [6.45, 7) is 5.04. The number of aryl methyl sites for hydroxylation is 1. The molecule has 0 fully saturated rings. The quantitative estimate of drug-likeness (QED) is 0.882. The molecule has 0 bridgehead atoms. The summed E-state index contributed by atoms with van der Waals surface area (Å²) in [7, 11) is 1.66. The van der Waals surface area contributed by atoms with Crippen LogP contribution >= 0.6 is 11.3 Å². The summed E-state index contributed by atoms with van der Waals surface area (Å²) in [5.41, 5.74) is 2.22. The van der Waals surface area contributed by atoms with Crippen LogP contribution in [0.3, 0.4) is 0 Å². The van der Waals surface area contributed by atoms with Gasteiger partial charge in [0.05, 0.1) is 18.3 Å². The van der Waals surface area contributed by atoms with Gasteiger partial charge in [-0.15, -0.1) is 11.3 Å². The molecule has 102 valence electrons. The van der Waals surface area contributed by atoms with Crippen LogP contribution in [-0.2, 0) is 6.42 Å². The third kappa shape index (κ3) is 3.75. The van der Waals surface area contributed by atoms with E-state index in [2.05, 4.69) is 27.6 Å². The molecule has 0 saturated carbocycles. The van der Waals surface area contributed by atoms with Crippen LogP contribution in [0.25, 0.3) is 0 Å². The second-order valence-corrected chi connectivity index (χ2v) is 5.30. The maximum atomic E-state index is 5.23. The molecular weight excluding hydrogens is 258 g/mol. The number of nitrogens with zero attached hydrogens (tertiary/aromatic N) is 2. The van der Waals surface area contributed by atoms with Crippen LogP contribution < -0.4 is 10.1 Å². The summed E-state index contributed by atoms with van der Waals surface area (Å²) in [4.78, 5) is 8.75. The molecule has 2 aromatic rings. The van der Waals surface area contributed by atoms with Crippen molar-refractivity contribution >= 4 is 11.3 Å². The second kappa shape index (κ2) is 6.63. The number of rotatable bonds is 6. The lowest BCUT2D eigenvalue weighted by molar-refractivity contribution is 0.410. The van der Waals surface area contributed by atoms with Gasteiger partial charge in [-0.25, -0.2) is 4.98 Å². The first-order valence-corrected chi connectivity index (χ1v) is 7.24. The second-order valence-electron chi connectivity index (χ2n) is 4.36. The highest BCUT2D eigenvalue weighted by atomic mass is 32.1. The van der Waals surface area contributed by atoms with Crippen molar-refractivity contribution in [3.05, 3.63) is 40.1 Å². The van der Waals surface area contributed by atoms with Crippen LogP contribution in [0.15, 0.2) is 23.8 Å². The van der Waals surface area contributed by atoms with Crippen LogP contribution in [0, 0.1) is 6.92 Å². The van der Waals surface area contributed by atoms with Crippen LogP contribution in [0.5, 0.6) is 5.75 Å². The number of methoxy groups -OCH3 is 1. The standard InChI is InChI=1S/C14H19N3OS/c1-4-16-13(6-14-17-10(2)9-19-14)11-5-12(18-3)8-15-7-11/h5,7-9,13,16H,4,6H2,1-3H3. The molecular formula is C14H19N3OS. The largest absolute Gasteiger partial charge is 0.495 e. The molecule has 0 amide bonds. The van der Waals surface area contributed by atoms with Crippen molar-refractivity contribution in [2.45, 2.75) is 26.3 Å². The molecule has 0 saturated heterocycles. The van der Waals surface area contributed by atoms with Crippen molar-refractivity contribution in [2.75, 3.05) is 13.7 Å². The average Bonchev–Trinajstić information content (AvgIpc) is 2.84. The van der Waals surface area contributed by atoms with Crippen molar-refractivity contribution in [3.63, 3.8) is 0 Å². The Labute approximate surface area is 117 Å². The number of hydrogen-bond acceptors (Lipinski definition) is 5. The number of aromatic nitrogens is 2. The van der Waals surface area contributed by atoms with E-state index in [9.17, 15) is 0 Å². The Morgan fingerprint density at radius 3 is 2.89 bits per heavy atom. The summed E-state index contributed by atoms with van der Waals surface area (Å²) in [6.07, 6.45) is 4.48. The Morgan fingerprint density at radius 1 is 1.42 bits per heavy atom. The molecule has 1 atom stereocenters. The number of ether oxygens (including phenoxy) is 1. The summed E-state index contributed by atoms with van der Waals surface area (Å²) in [6, 6.07) is 2.25. The summed E-state index contributed by atoms with van der Waals surface area (Å²) in [5, 5.41) is 6.71. The fourth-order valence-electron chi connectivity index (χ4n) is 1.96. The zero-order valence-corrected chi connectivity index (χ0v) is 12.3. The number of hydrogen-bond donors (Lipinski definition) is 1. The molecule has 0 aromatic carbocycles. The molecule has 19 heavy (non-hydrogen) atoms. The maximum absolute atomic E-state index is 5.23. The minimum atomic E-state index is 0.221. The van der Waals surface area contributed by atoms with Gasteiger partial charge < -0.3 is 10.1 Å². The first kappa shape index (κ1) is 14.0. The van der Waals surface area contributed by atoms with Gasteiger partial charge in [0, 0.05) is 29.7 Å². The van der Waals surface area contributed by atoms with Gasteiger partial charge in [-0.3, -0.25) is 4.98 Å². The predicted octanol–water partition coefficient (Wildman–Crippen LogP) is 2.75. The van der Waals surface area contributed by atoms with E-state index in [0.717, 1.165) is 35.0 Å². The molecule has 0 radical (unpaired) electrons. The molecule has 1 N–H and O–H groups in total. The summed E-state index contributed by atoms with van der Waals surface area (Å²) >= 11 is 1.71. The Bertz CT molecular complexity index is 527. The minimum Gasteiger partial charge on any atom is -0.495 e. The van der Waals surface area contributed by atoms with E-state index in [4.69, 9.17) is 4.74 Å². The molecule has 1 unspecified atom stereocenters. The highest BCUT2D eigenvalue weighted by Crippen LogP contribution is 2.22. The number of likely N-dealkylation sites (N-methyl/N-ethyl adjacent to an activating group) is 1. The van der Waals surface area contributed by atoms with E-state index in [1.807, 2.05) is 19.2 Å². The van der Waals surface area contributed by atoms with E-state index in [1.54, 1.807) is 24.6 Å². The zero-order chi connectivity index (χ0) is 13.7. The molecule has 2 rings (SSSR count). The normalized spacial score (nSPS) is 12.4. The average molecular weight is 277 g/mol. The van der Waals surface area contributed by atoms with Gasteiger partial charge in [0.15, 0.2) is 0 Å². The monoisotopic (exact) mass is 277 g/mol. The van der Waals surface area contributed by atoms with Crippen LogP contribution in [0.2, 0.25) is 0 Å². The highest BCUT2D eigenvalue weighted by molar-refractivity contribution is 7.09. The Hall–Kier alpha value is -1.46.